The van der Waals surface area contributed by atoms with Crippen molar-refractivity contribution in [3.63, 3.8) is 0 Å². The van der Waals surface area contributed by atoms with E-state index in [-0.39, 0.29) is 11.8 Å². The molecule has 1 atom stereocenters. The lowest BCUT2D eigenvalue weighted by Crippen LogP contribution is -2.31. The van der Waals surface area contributed by atoms with E-state index in [1.54, 1.807) is 37.4 Å². The van der Waals surface area contributed by atoms with Crippen LogP contribution < -0.4 is 14.8 Å². The fraction of sp³-hybridized carbons (Fsp3) is 0.273. The average Bonchev–Trinajstić information content (AvgIpc) is 3.22. The van der Waals surface area contributed by atoms with E-state index in [2.05, 4.69) is 10.3 Å². The second-order valence-corrected chi connectivity index (χ2v) is 7.28. The largest absolute Gasteiger partial charge is 0.497 e. The highest BCUT2D eigenvalue weighted by molar-refractivity contribution is 5.99. The molecule has 0 saturated carbocycles. The molecule has 5 rings (SSSR count). The van der Waals surface area contributed by atoms with Crippen LogP contribution in [0.2, 0.25) is 0 Å². The van der Waals surface area contributed by atoms with Gasteiger partial charge in [-0.3, -0.25) is 9.78 Å². The number of ketones is 1. The summed E-state index contributed by atoms with van der Waals surface area (Å²) in [6, 6.07) is 9.04. The number of pyridine rings is 1. The molecular weight excluding hydrogens is 382 g/mol. The predicted octanol–water partition coefficient (Wildman–Crippen LogP) is 3.38. The van der Waals surface area contributed by atoms with Crippen molar-refractivity contribution in [2.45, 2.75) is 25.3 Å². The summed E-state index contributed by atoms with van der Waals surface area (Å²) >= 11 is 0. The van der Waals surface area contributed by atoms with Gasteiger partial charge in [0.15, 0.2) is 11.6 Å². The van der Waals surface area contributed by atoms with Crippen LogP contribution in [0.3, 0.4) is 0 Å². The number of hydrogen-bond acceptors (Lipinski definition) is 7. The highest BCUT2D eigenvalue weighted by Crippen LogP contribution is 2.40. The monoisotopic (exact) mass is 403 g/mol. The maximum atomic E-state index is 12.9. The molecule has 8 heteroatoms. The van der Waals surface area contributed by atoms with Gasteiger partial charge in [-0.1, -0.05) is 0 Å². The Morgan fingerprint density at radius 3 is 2.50 bits per heavy atom. The fourth-order valence-electron chi connectivity index (χ4n) is 4.07. The molecule has 8 nitrogen and oxygen atoms in total. The van der Waals surface area contributed by atoms with E-state index in [1.165, 1.54) is 0 Å². The smallest absolute Gasteiger partial charge is 0.226 e. The number of ether oxygens (including phenoxy) is 2. The second-order valence-electron chi connectivity index (χ2n) is 7.28. The molecule has 30 heavy (non-hydrogen) atoms. The van der Waals surface area contributed by atoms with Crippen molar-refractivity contribution >= 4 is 11.7 Å². The van der Waals surface area contributed by atoms with Gasteiger partial charge in [-0.2, -0.15) is 4.98 Å². The van der Waals surface area contributed by atoms with Gasteiger partial charge in [0.2, 0.25) is 5.95 Å². The number of fused-ring (bicyclic) bond motifs is 1. The standard InChI is InChI=1S/C22H21N5O3/c1-29-15-10-14(11-16(12-15)30-2)21-25-22-24-17-4-3-5-18(28)19(17)20(27(22)26-21)13-6-8-23-9-7-13/h6-12,20H,3-5H2,1-2H3,(H,24,25,26)/t20-/m0/s1. The third-order valence-corrected chi connectivity index (χ3v) is 5.50. The first-order valence-electron chi connectivity index (χ1n) is 9.81. The van der Waals surface area contributed by atoms with E-state index in [4.69, 9.17) is 19.6 Å². The minimum Gasteiger partial charge on any atom is -0.497 e. The molecule has 1 aliphatic carbocycles. The van der Waals surface area contributed by atoms with Crippen molar-refractivity contribution in [2.75, 3.05) is 19.5 Å². The van der Waals surface area contributed by atoms with Gasteiger partial charge < -0.3 is 14.8 Å². The van der Waals surface area contributed by atoms with Gasteiger partial charge in [0.05, 0.1) is 14.2 Å². The van der Waals surface area contributed by atoms with Crippen LogP contribution in [0.5, 0.6) is 11.5 Å². The molecule has 152 valence electrons. The summed E-state index contributed by atoms with van der Waals surface area (Å²) in [5.41, 5.74) is 3.42. The predicted molar refractivity (Wildman–Crippen MR) is 110 cm³/mol. The topological polar surface area (TPSA) is 91.2 Å². The number of nitrogens with one attached hydrogen (secondary N) is 1. The molecule has 1 aliphatic heterocycles. The Labute approximate surface area is 173 Å². The zero-order valence-corrected chi connectivity index (χ0v) is 16.8. The summed E-state index contributed by atoms with van der Waals surface area (Å²) in [7, 11) is 3.21. The van der Waals surface area contributed by atoms with Crippen molar-refractivity contribution < 1.29 is 14.3 Å². The molecule has 1 N–H and O–H groups in total. The van der Waals surface area contributed by atoms with Crippen molar-refractivity contribution in [1.29, 1.82) is 0 Å². The first-order chi connectivity index (χ1) is 14.7. The van der Waals surface area contributed by atoms with Crippen LogP contribution in [0.15, 0.2) is 54.0 Å². The Morgan fingerprint density at radius 1 is 1.07 bits per heavy atom. The van der Waals surface area contributed by atoms with Crippen LogP contribution in [0.4, 0.5) is 5.95 Å². The summed E-state index contributed by atoms with van der Waals surface area (Å²) in [6.45, 7) is 0. The molecule has 3 heterocycles. The Morgan fingerprint density at radius 2 is 1.80 bits per heavy atom. The number of methoxy groups -OCH3 is 2. The summed E-state index contributed by atoms with van der Waals surface area (Å²) in [5.74, 6) is 2.60. The first kappa shape index (κ1) is 18.4. The molecule has 0 fully saturated rings. The average molecular weight is 403 g/mol. The third-order valence-electron chi connectivity index (χ3n) is 5.50. The normalized spacial score (nSPS) is 17.8. The van der Waals surface area contributed by atoms with Crippen LogP contribution in [0.25, 0.3) is 11.4 Å². The van der Waals surface area contributed by atoms with E-state index in [1.807, 2.05) is 24.3 Å². The Kier molecular flexibility index (Phi) is 4.46. The van der Waals surface area contributed by atoms with Gasteiger partial charge in [0, 0.05) is 41.7 Å². The van der Waals surface area contributed by atoms with Gasteiger partial charge in [0.1, 0.15) is 17.5 Å². The van der Waals surface area contributed by atoms with Gasteiger partial charge >= 0.3 is 0 Å². The Bertz CT molecular complexity index is 1130. The summed E-state index contributed by atoms with van der Waals surface area (Å²) in [5, 5.41) is 8.13. The summed E-state index contributed by atoms with van der Waals surface area (Å²) in [6.07, 6.45) is 5.66. The summed E-state index contributed by atoms with van der Waals surface area (Å²) < 4.78 is 12.6. The highest BCUT2D eigenvalue weighted by atomic mass is 16.5. The molecule has 3 aromatic rings. The van der Waals surface area contributed by atoms with Gasteiger partial charge in [0.25, 0.3) is 0 Å². The van der Waals surface area contributed by atoms with Crippen LogP contribution in [-0.4, -0.2) is 39.8 Å². The highest BCUT2D eigenvalue weighted by Gasteiger charge is 2.36. The lowest BCUT2D eigenvalue weighted by Gasteiger charge is -2.32. The van der Waals surface area contributed by atoms with Crippen LogP contribution >= 0.6 is 0 Å². The third kappa shape index (κ3) is 3.01. The van der Waals surface area contributed by atoms with E-state index in [0.29, 0.717) is 29.7 Å². The molecule has 2 aliphatic rings. The number of carbonyl (C=O) groups is 1. The maximum Gasteiger partial charge on any atom is 0.226 e. The van der Waals surface area contributed by atoms with Gasteiger partial charge in [-0.05, 0) is 42.7 Å². The molecule has 0 radical (unpaired) electrons. The van der Waals surface area contributed by atoms with E-state index < -0.39 is 0 Å². The van der Waals surface area contributed by atoms with Crippen molar-refractivity contribution in [3.8, 4) is 22.9 Å². The molecule has 1 aromatic carbocycles. The van der Waals surface area contributed by atoms with E-state index >= 15 is 0 Å². The van der Waals surface area contributed by atoms with Crippen LogP contribution in [0, 0.1) is 0 Å². The first-order valence-corrected chi connectivity index (χ1v) is 9.81. The van der Waals surface area contributed by atoms with Crippen LogP contribution in [0.1, 0.15) is 30.9 Å². The fourth-order valence-corrected chi connectivity index (χ4v) is 4.07. The van der Waals surface area contributed by atoms with Gasteiger partial charge in [-0.15, -0.1) is 5.10 Å². The Hall–Kier alpha value is -3.68. The molecule has 0 spiro atoms. The van der Waals surface area contributed by atoms with Crippen molar-refractivity contribution in [3.05, 3.63) is 59.6 Å². The number of nitrogens with zero attached hydrogens (tertiary/aromatic N) is 4. The molecule has 2 aromatic heterocycles. The number of aromatic nitrogens is 4. The number of hydrogen-bond donors (Lipinski definition) is 1. The van der Waals surface area contributed by atoms with Crippen molar-refractivity contribution in [2.24, 2.45) is 0 Å². The minimum absolute atomic E-state index is 0.149. The number of Topliss-reactive ketones (excluding diaryl/α,β-unsaturated/α-hetero) is 1. The number of benzene rings is 1. The molecular formula is C22H21N5O3. The van der Waals surface area contributed by atoms with E-state index in [0.717, 1.165) is 35.2 Å². The number of carbonyl (C=O) groups excluding carboxylic acids is 1. The molecule has 0 bridgehead atoms. The second kappa shape index (κ2) is 7.29. The van der Waals surface area contributed by atoms with Crippen molar-refractivity contribution in [1.82, 2.24) is 19.7 Å². The van der Waals surface area contributed by atoms with E-state index in [9.17, 15) is 4.79 Å². The number of allylic oxidation sites excluding steroid dienone is 2. The number of anilines is 1. The zero-order valence-electron chi connectivity index (χ0n) is 16.8. The lowest BCUT2D eigenvalue weighted by atomic mass is 9.86. The molecule has 0 amide bonds. The molecule has 0 saturated heterocycles. The Balaban J connectivity index is 1.66. The molecule has 0 unspecified atom stereocenters. The quantitative estimate of drug-likeness (QED) is 0.714. The minimum atomic E-state index is -0.333. The SMILES string of the molecule is COc1cc(OC)cc(-c2nc3n(n2)[C@@H](c2ccncc2)C2=C(CCCC2=O)N3)c1. The zero-order chi connectivity index (χ0) is 20.7. The maximum absolute atomic E-state index is 12.9. The van der Waals surface area contributed by atoms with Crippen LogP contribution in [-0.2, 0) is 4.79 Å². The van der Waals surface area contributed by atoms with Gasteiger partial charge in [-0.25, -0.2) is 4.68 Å². The lowest BCUT2D eigenvalue weighted by molar-refractivity contribution is -0.116. The number of rotatable bonds is 4. The summed E-state index contributed by atoms with van der Waals surface area (Å²) in [4.78, 5) is 21.7.